The molecule has 1 aromatic carbocycles. The summed E-state index contributed by atoms with van der Waals surface area (Å²) in [6, 6.07) is 6.50. The highest BCUT2D eigenvalue weighted by atomic mass is 79.9. The number of nitrogens with zero attached hydrogens (tertiary/aromatic N) is 1. The van der Waals surface area contributed by atoms with E-state index < -0.39 is 0 Å². The summed E-state index contributed by atoms with van der Waals surface area (Å²) in [7, 11) is 1.72. The molecule has 1 aliphatic rings. The highest BCUT2D eigenvalue weighted by Gasteiger charge is 2.31. The molecule has 2 rings (SSSR count). The number of benzene rings is 1. The van der Waals surface area contributed by atoms with Crippen LogP contribution in [0.4, 0.5) is 5.69 Å². The van der Waals surface area contributed by atoms with Gasteiger partial charge >= 0.3 is 0 Å². The Labute approximate surface area is 135 Å². The number of nitrogens with one attached hydrogen (secondary N) is 1. The lowest BCUT2D eigenvalue weighted by atomic mass is 9.99. The SMILES string of the molecule is COCCNCc1cc(Br)ccc1N1CCOCC1(C)C. The highest BCUT2D eigenvalue weighted by Crippen LogP contribution is 2.31. The molecule has 0 atom stereocenters. The predicted octanol–water partition coefficient (Wildman–Crippen LogP) is 2.80. The predicted molar refractivity (Wildman–Crippen MR) is 90.0 cm³/mol. The quantitative estimate of drug-likeness (QED) is 0.794. The van der Waals surface area contributed by atoms with E-state index in [0.717, 1.165) is 43.9 Å². The van der Waals surface area contributed by atoms with Gasteiger partial charge in [0, 0.05) is 36.9 Å². The molecule has 21 heavy (non-hydrogen) atoms. The summed E-state index contributed by atoms with van der Waals surface area (Å²) in [6.45, 7) is 9.37. The third-order valence-corrected chi connectivity index (χ3v) is 4.27. The summed E-state index contributed by atoms with van der Waals surface area (Å²) >= 11 is 3.58. The molecule has 0 radical (unpaired) electrons. The first kappa shape index (κ1) is 16.7. The average Bonchev–Trinajstić information content (AvgIpc) is 2.44. The van der Waals surface area contributed by atoms with Crippen LogP contribution < -0.4 is 10.2 Å². The molecule has 1 fully saturated rings. The van der Waals surface area contributed by atoms with Crippen molar-refractivity contribution in [1.29, 1.82) is 0 Å². The Kier molecular flexibility index (Phi) is 6.05. The lowest BCUT2D eigenvalue weighted by Gasteiger charge is -2.44. The Morgan fingerprint density at radius 1 is 1.43 bits per heavy atom. The molecule has 0 spiro atoms. The van der Waals surface area contributed by atoms with Crippen molar-refractivity contribution < 1.29 is 9.47 Å². The smallest absolute Gasteiger partial charge is 0.0694 e. The first-order valence-electron chi connectivity index (χ1n) is 7.38. The van der Waals surface area contributed by atoms with E-state index in [2.05, 4.69) is 58.2 Å². The minimum absolute atomic E-state index is 0.0212. The zero-order valence-electron chi connectivity index (χ0n) is 13.1. The molecule has 0 amide bonds. The molecule has 1 aromatic rings. The summed E-state index contributed by atoms with van der Waals surface area (Å²) in [5.74, 6) is 0. The standard InChI is InChI=1S/C16H25BrN2O2/c1-16(2)12-21-9-7-19(16)15-5-4-14(17)10-13(15)11-18-6-8-20-3/h4-5,10,18H,6-9,11-12H2,1-3H3. The zero-order chi connectivity index (χ0) is 15.3. The molecule has 4 nitrogen and oxygen atoms in total. The maximum Gasteiger partial charge on any atom is 0.0694 e. The fourth-order valence-corrected chi connectivity index (χ4v) is 3.07. The Balaban J connectivity index is 2.17. The van der Waals surface area contributed by atoms with E-state index in [-0.39, 0.29) is 5.54 Å². The molecule has 0 unspecified atom stereocenters. The van der Waals surface area contributed by atoms with Crippen LogP contribution in [0.15, 0.2) is 22.7 Å². The molecular formula is C16H25BrN2O2. The second-order valence-electron chi connectivity index (χ2n) is 5.96. The van der Waals surface area contributed by atoms with Crippen LogP contribution in [0.3, 0.4) is 0 Å². The van der Waals surface area contributed by atoms with Gasteiger partial charge in [-0.2, -0.15) is 0 Å². The second-order valence-corrected chi connectivity index (χ2v) is 6.87. The number of hydrogen-bond donors (Lipinski definition) is 1. The maximum absolute atomic E-state index is 5.63. The van der Waals surface area contributed by atoms with Gasteiger partial charge in [0.1, 0.15) is 0 Å². The van der Waals surface area contributed by atoms with E-state index in [1.165, 1.54) is 11.3 Å². The highest BCUT2D eigenvalue weighted by molar-refractivity contribution is 9.10. The molecular weight excluding hydrogens is 332 g/mol. The molecule has 0 aromatic heterocycles. The van der Waals surface area contributed by atoms with Crippen LogP contribution in [-0.2, 0) is 16.0 Å². The van der Waals surface area contributed by atoms with E-state index in [1.54, 1.807) is 7.11 Å². The molecule has 0 bridgehead atoms. The van der Waals surface area contributed by atoms with Crippen molar-refractivity contribution in [2.45, 2.75) is 25.9 Å². The van der Waals surface area contributed by atoms with E-state index in [1.807, 2.05) is 0 Å². The second kappa shape index (κ2) is 7.58. The number of anilines is 1. The van der Waals surface area contributed by atoms with Crippen molar-refractivity contribution in [2.24, 2.45) is 0 Å². The van der Waals surface area contributed by atoms with E-state index in [4.69, 9.17) is 9.47 Å². The van der Waals surface area contributed by atoms with Gasteiger partial charge in [-0.25, -0.2) is 0 Å². The van der Waals surface area contributed by atoms with Gasteiger partial charge in [0.05, 0.1) is 25.4 Å². The van der Waals surface area contributed by atoms with Gasteiger partial charge in [-0.1, -0.05) is 15.9 Å². The van der Waals surface area contributed by atoms with Crippen LogP contribution in [-0.4, -0.2) is 45.6 Å². The average molecular weight is 357 g/mol. The van der Waals surface area contributed by atoms with Gasteiger partial charge in [-0.15, -0.1) is 0 Å². The first-order valence-corrected chi connectivity index (χ1v) is 8.17. The van der Waals surface area contributed by atoms with Crippen molar-refractivity contribution in [1.82, 2.24) is 5.32 Å². The topological polar surface area (TPSA) is 33.7 Å². The van der Waals surface area contributed by atoms with E-state index in [9.17, 15) is 0 Å². The van der Waals surface area contributed by atoms with Crippen molar-refractivity contribution in [3.05, 3.63) is 28.2 Å². The molecule has 0 aliphatic carbocycles. The first-order chi connectivity index (χ1) is 10.0. The zero-order valence-corrected chi connectivity index (χ0v) is 14.7. The Morgan fingerprint density at radius 2 is 2.24 bits per heavy atom. The fourth-order valence-electron chi connectivity index (χ4n) is 2.66. The maximum atomic E-state index is 5.63. The van der Waals surface area contributed by atoms with Crippen LogP contribution in [0.25, 0.3) is 0 Å². The largest absolute Gasteiger partial charge is 0.383 e. The molecule has 1 aliphatic heterocycles. The van der Waals surface area contributed by atoms with Crippen LogP contribution in [0.2, 0.25) is 0 Å². The Morgan fingerprint density at radius 3 is 2.95 bits per heavy atom. The lowest BCUT2D eigenvalue weighted by Crippen LogP contribution is -2.53. The van der Waals surface area contributed by atoms with Gasteiger partial charge in [0.2, 0.25) is 0 Å². The minimum atomic E-state index is 0.0212. The van der Waals surface area contributed by atoms with Gasteiger partial charge in [0.25, 0.3) is 0 Å². The number of halogens is 1. The summed E-state index contributed by atoms with van der Waals surface area (Å²) < 4.78 is 11.8. The normalized spacial score (nSPS) is 18.0. The molecule has 1 heterocycles. The van der Waals surface area contributed by atoms with Crippen molar-refractivity contribution in [3.63, 3.8) is 0 Å². The van der Waals surface area contributed by atoms with Gasteiger partial charge < -0.3 is 19.7 Å². The summed E-state index contributed by atoms with van der Waals surface area (Å²) in [5, 5.41) is 3.43. The summed E-state index contributed by atoms with van der Waals surface area (Å²) in [5.41, 5.74) is 2.61. The van der Waals surface area contributed by atoms with Gasteiger partial charge in [0.15, 0.2) is 0 Å². The van der Waals surface area contributed by atoms with E-state index >= 15 is 0 Å². The number of methoxy groups -OCH3 is 1. The fraction of sp³-hybridized carbons (Fsp3) is 0.625. The molecule has 5 heteroatoms. The lowest BCUT2D eigenvalue weighted by molar-refractivity contribution is 0.0643. The van der Waals surface area contributed by atoms with Crippen LogP contribution in [0.5, 0.6) is 0 Å². The summed E-state index contributed by atoms with van der Waals surface area (Å²) in [6.07, 6.45) is 0. The Bertz CT molecular complexity index is 466. The van der Waals surface area contributed by atoms with Gasteiger partial charge in [-0.3, -0.25) is 0 Å². The van der Waals surface area contributed by atoms with Crippen LogP contribution in [0, 0.1) is 0 Å². The minimum Gasteiger partial charge on any atom is -0.383 e. The van der Waals surface area contributed by atoms with Crippen molar-refractivity contribution in [2.75, 3.05) is 44.9 Å². The van der Waals surface area contributed by atoms with Crippen molar-refractivity contribution in [3.8, 4) is 0 Å². The Hall–Kier alpha value is -0.620. The van der Waals surface area contributed by atoms with E-state index in [0.29, 0.717) is 0 Å². The summed E-state index contributed by atoms with van der Waals surface area (Å²) in [4.78, 5) is 2.45. The van der Waals surface area contributed by atoms with Gasteiger partial charge in [-0.05, 0) is 37.6 Å². The molecule has 1 N–H and O–H groups in total. The van der Waals surface area contributed by atoms with Crippen molar-refractivity contribution >= 4 is 21.6 Å². The van der Waals surface area contributed by atoms with Crippen LogP contribution >= 0.6 is 15.9 Å². The number of ether oxygens (including phenoxy) is 2. The molecule has 1 saturated heterocycles. The number of morpholine rings is 1. The third kappa shape index (κ3) is 4.42. The molecule has 118 valence electrons. The number of rotatable bonds is 6. The number of hydrogen-bond acceptors (Lipinski definition) is 4. The monoisotopic (exact) mass is 356 g/mol. The third-order valence-electron chi connectivity index (χ3n) is 3.78. The molecule has 0 saturated carbocycles. The van der Waals surface area contributed by atoms with Crippen LogP contribution in [0.1, 0.15) is 19.4 Å².